The molecule has 3 aromatic carbocycles. The first kappa shape index (κ1) is 28.5. The molecule has 0 aliphatic carbocycles. The van der Waals surface area contributed by atoms with Gasteiger partial charge in [0.25, 0.3) is 5.91 Å². The normalized spacial score (nSPS) is 15.9. The maximum atomic E-state index is 12.9. The Morgan fingerprint density at radius 1 is 1.00 bits per heavy atom. The quantitative estimate of drug-likeness (QED) is 0.274. The van der Waals surface area contributed by atoms with Crippen LogP contribution in [0.1, 0.15) is 45.5 Å². The minimum Gasteiger partial charge on any atom is -0.481 e. The number of morpholine rings is 1. The van der Waals surface area contributed by atoms with Crippen molar-refractivity contribution in [2.75, 3.05) is 26.2 Å². The van der Waals surface area contributed by atoms with E-state index in [0.717, 1.165) is 36.2 Å². The van der Waals surface area contributed by atoms with Crippen molar-refractivity contribution in [3.05, 3.63) is 94.5 Å². The first-order valence-electron chi connectivity index (χ1n) is 13.2. The molecule has 7 nitrogen and oxygen atoms in total. The van der Waals surface area contributed by atoms with E-state index < -0.39 is 11.9 Å². The Bertz CT molecular complexity index is 1270. The molecule has 1 amide bonds. The van der Waals surface area contributed by atoms with Gasteiger partial charge in [0.15, 0.2) is 5.78 Å². The van der Waals surface area contributed by atoms with Gasteiger partial charge in [-0.1, -0.05) is 60.1 Å². The lowest BCUT2D eigenvalue weighted by atomic mass is 9.91. The lowest BCUT2D eigenvalue weighted by molar-refractivity contribution is -0.141. The highest BCUT2D eigenvalue weighted by Crippen LogP contribution is 2.23. The summed E-state index contributed by atoms with van der Waals surface area (Å²) in [7, 11) is 0. The van der Waals surface area contributed by atoms with E-state index in [4.69, 9.17) is 16.3 Å². The van der Waals surface area contributed by atoms with Crippen LogP contribution in [0.25, 0.3) is 11.1 Å². The summed E-state index contributed by atoms with van der Waals surface area (Å²) in [6.45, 7) is 2.83. The summed E-state index contributed by atoms with van der Waals surface area (Å²) in [4.78, 5) is 37.4. The molecule has 0 radical (unpaired) electrons. The number of carboxylic acids is 1. The number of Topliss-reactive ketones (excluding diaryl/α,β-unsaturated/α-hetero) is 1. The summed E-state index contributed by atoms with van der Waals surface area (Å²) in [5, 5.41) is 16.6. The van der Waals surface area contributed by atoms with Crippen LogP contribution >= 0.6 is 11.6 Å². The van der Waals surface area contributed by atoms with Crippen molar-refractivity contribution >= 4 is 29.3 Å². The molecule has 0 saturated carbocycles. The summed E-state index contributed by atoms with van der Waals surface area (Å²) in [6.07, 6.45) is 1.48. The van der Waals surface area contributed by atoms with Crippen molar-refractivity contribution in [2.45, 2.75) is 31.8 Å². The summed E-state index contributed by atoms with van der Waals surface area (Å²) >= 11 is 5.95. The Kier molecular flexibility index (Phi) is 10.3. The molecule has 1 saturated heterocycles. The van der Waals surface area contributed by atoms with E-state index in [2.05, 4.69) is 10.6 Å². The standard InChI is InChI=1S/C31H33ClN2O5/c32-27-12-10-23(11-13-27)22-6-8-24(9-7-22)29(35)19-26(31(37)38)5-4-21-2-1-3-25(18-21)30(36)34-15-14-28-20-33-16-17-39-28/h1-3,6-13,18,26,28,33H,4-5,14-17,19-20H2,(H,34,36)(H,37,38). The largest absolute Gasteiger partial charge is 0.481 e. The molecule has 3 aromatic rings. The SMILES string of the molecule is O=C(CC(CCc1cccc(C(=O)NCCC2CNCCO2)c1)C(=O)O)c1ccc(-c2ccc(Cl)cc2)cc1. The Morgan fingerprint density at radius 3 is 2.38 bits per heavy atom. The predicted molar refractivity (Wildman–Crippen MR) is 151 cm³/mol. The van der Waals surface area contributed by atoms with E-state index in [1.807, 2.05) is 30.3 Å². The Labute approximate surface area is 233 Å². The third-order valence-electron chi connectivity index (χ3n) is 6.89. The maximum Gasteiger partial charge on any atom is 0.306 e. The number of hydrogen-bond donors (Lipinski definition) is 3. The molecule has 204 valence electrons. The molecule has 2 atom stereocenters. The molecule has 1 heterocycles. The summed E-state index contributed by atoms with van der Waals surface area (Å²) < 4.78 is 5.65. The van der Waals surface area contributed by atoms with E-state index in [-0.39, 0.29) is 24.2 Å². The van der Waals surface area contributed by atoms with Gasteiger partial charge in [-0.15, -0.1) is 0 Å². The van der Waals surface area contributed by atoms with Gasteiger partial charge in [0.1, 0.15) is 0 Å². The van der Waals surface area contributed by atoms with Gasteiger partial charge < -0.3 is 20.5 Å². The number of aryl methyl sites for hydroxylation is 1. The second kappa shape index (κ2) is 14.0. The van der Waals surface area contributed by atoms with Crippen LogP contribution < -0.4 is 10.6 Å². The van der Waals surface area contributed by atoms with Gasteiger partial charge in [-0.25, -0.2) is 0 Å². The van der Waals surface area contributed by atoms with Gasteiger partial charge in [0, 0.05) is 42.2 Å². The molecule has 1 fully saturated rings. The van der Waals surface area contributed by atoms with E-state index in [1.54, 1.807) is 42.5 Å². The number of carboxylic acid groups (broad SMARTS) is 1. The van der Waals surface area contributed by atoms with Crippen LogP contribution in [0.5, 0.6) is 0 Å². The van der Waals surface area contributed by atoms with Gasteiger partial charge in [-0.05, 0) is 60.2 Å². The Balaban J connectivity index is 1.29. The van der Waals surface area contributed by atoms with Crippen LogP contribution in [0.15, 0.2) is 72.8 Å². The van der Waals surface area contributed by atoms with Crippen molar-refractivity contribution in [1.29, 1.82) is 0 Å². The molecular weight excluding hydrogens is 516 g/mol. The molecular formula is C31H33ClN2O5. The maximum absolute atomic E-state index is 12.9. The van der Waals surface area contributed by atoms with Crippen molar-refractivity contribution in [2.24, 2.45) is 5.92 Å². The number of ether oxygens (including phenoxy) is 1. The highest BCUT2D eigenvalue weighted by molar-refractivity contribution is 6.30. The van der Waals surface area contributed by atoms with Crippen LogP contribution in [0.3, 0.4) is 0 Å². The molecule has 0 aromatic heterocycles. The Hall–Kier alpha value is -3.52. The monoisotopic (exact) mass is 548 g/mol. The number of rotatable bonds is 12. The summed E-state index contributed by atoms with van der Waals surface area (Å²) in [5.74, 6) is -2.22. The fourth-order valence-electron chi connectivity index (χ4n) is 4.61. The summed E-state index contributed by atoms with van der Waals surface area (Å²) in [5.41, 5.74) is 3.79. The van der Waals surface area contributed by atoms with Gasteiger partial charge in [-0.2, -0.15) is 0 Å². The van der Waals surface area contributed by atoms with E-state index in [1.165, 1.54) is 0 Å². The van der Waals surface area contributed by atoms with Gasteiger partial charge >= 0.3 is 5.97 Å². The third kappa shape index (κ3) is 8.48. The van der Waals surface area contributed by atoms with Crippen molar-refractivity contribution in [1.82, 2.24) is 10.6 Å². The molecule has 39 heavy (non-hydrogen) atoms. The van der Waals surface area contributed by atoms with Crippen LogP contribution in [-0.4, -0.2) is 55.1 Å². The average Bonchev–Trinajstić information content (AvgIpc) is 2.96. The van der Waals surface area contributed by atoms with Crippen LogP contribution in [0.2, 0.25) is 5.02 Å². The predicted octanol–water partition coefficient (Wildman–Crippen LogP) is 5.02. The van der Waals surface area contributed by atoms with Crippen LogP contribution in [0.4, 0.5) is 0 Å². The fourth-order valence-corrected chi connectivity index (χ4v) is 4.73. The second-order valence-corrected chi connectivity index (χ2v) is 10.2. The summed E-state index contributed by atoms with van der Waals surface area (Å²) in [6, 6.07) is 21.8. The van der Waals surface area contributed by atoms with Gasteiger partial charge in [0.2, 0.25) is 0 Å². The average molecular weight is 549 g/mol. The van der Waals surface area contributed by atoms with Gasteiger partial charge in [-0.3, -0.25) is 14.4 Å². The number of aliphatic carboxylic acids is 1. The van der Waals surface area contributed by atoms with Crippen molar-refractivity contribution < 1.29 is 24.2 Å². The second-order valence-electron chi connectivity index (χ2n) is 9.73. The third-order valence-corrected chi connectivity index (χ3v) is 7.14. The lowest BCUT2D eigenvalue weighted by Gasteiger charge is -2.23. The smallest absolute Gasteiger partial charge is 0.306 e. The fraction of sp³-hybridized carbons (Fsp3) is 0.323. The zero-order valence-electron chi connectivity index (χ0n) is 21.7. The molecule has 1 aliphatic rings. The number of amides is 1. The zero-order chi connectivity index (χ0) is 27.6. The first-order valence-corrected chi connectivity index (χ1v) is 13.6. The highest BCUT2D eigenvalue weighted by atomic mass is 35.5. The molecule has 4 rings (SSSR count). The molecule has 2 unspecified atom stereocenters. The number of halogens is 1. The molecule has 8 heteroatoms. The molecule has 0 spiro atoms. The number of benzene rings is 3. The number of ketones is 1. The lowest BCUT2D eigenvalue weighted by Crippen LogP contribution is -2.40. The number of carbonyl (C=O) groups excluding carboxylic acids is 2. The topological polar surface area (TPSA) is 105 Å². The zero-order valence-corrected chi connectivity index (χ0v) is 22.5. The number of carbonyl (C=O) groups is 3. The van der Waals surface area contributed by atoms with Crippen LogP contribution in [-0.2, 0) is 16.0 Å². The van der Waals surface area contributed by atoms with Gasteiger partial charge in [0.05, 0.1) is 18.6 Å². The Morgan fingerprint density at radius 2 is 1.72 bits per heavy atom. The molecule has 3 N–H and O–H groups in total. The minimum atomic E-state index is -1.01. The van der Waals surface area contributed by atoms with E-state index >= 15 is 0 Å². The molecule has 1 aliphatic heterocycles. The van der Waals surface area contributed by atoms with E-state index in [0.29, 0.717) is 42.1 Å². The first-order chi connectivity index (χ1) is 18.9. The van der Waals surface area contributed by atoms with Crippen LogP contribution in [0, 0.1) is 5.92 Å². The van der Waals surface area contributed by atoms with E-state index in [9.17, 15) is 19.5 Å². The number of nitrogens with one attached hydrogen (secondary N) is 2. The highest BCUT2D eigenvalue weighted by Gasteiger charge is 2.22. The minimum absolute atomic E-state index is 0.0894. The van der Waals surface area contributed by atoms with Crippen molar-refractivity contribution in [3.8, 4) is 11.1 Å². The number of hydrogen-bond acceptors (Lipinski definition) is 5. The molecule has 0 bridgehead atoms. The van der Waals surface area contributed by atoms with Crippen molar-refractivity contribution in [3.63, 3.8) is 0 Å².